The van der Waals surface area contributed by atoms with Crippen LogP contribution >= 0.6 is 27.3 Å². The Morgan fingerprint density at radius 1 is 1.37 bits per heavy atom. The van der Waals surface area contributed by atoms with Crippen molar-refractivity contribution in [2.24, 2.45) is 0 Å². The molecule has 2 rings (SSSR count). The SMILES string of the molecule is CN(Cc1cc(Br)cs1)c1ccc(C#N)c(F)c1F. The van der Waals surface area contributed by atoms with Crippen molar-refractivity contribution in [2.75, 3.05) is 11.9 Å². The minimum atomic E-state index is -1.10. The van der Waals surface area contributed by atoms with Crippen LogP contribution in [-0.2, 0) is 6.54 Å². The molecule has 0 spiro atoms. The maximum Gasteiger partial charge on any atom is 0.183 e. The van der Waals surface area contributed by atoms with E-state index < -0.39 is 11.6 Å². The highest BCUT2D eigenvalue weighted by Crippen LogP contribution is 2.26. The Morgan fingerprint density at radius 2 is 2.11 bits per heavy atom. The van der Waals surface area contributed by atoms with Crippen molar-refractivity contribution in [3.05, 3.63) is 50.1 Å². The van der Waals surface area contributed by atoms with E-state index in [1.165, 1.54) is 23.5 Å². The average Bonchev–Trinajstić information content (AvgIpc) is 2.78. The second kappa shape index (κ2) is 5.68. The van der Waals surface area contributed by atoms with Gasteiger partial charge in [0.05, 0.1) is 17.8 Å². The zero-order valence-electron chi connectivity index (χ0n) is 9.95. The number of nitriles is 1. The number of benzene rings is 1. The van der Waals surface area contributed by atoms with E-state index in [9.17, 15) is 8.78 Å². The Hall–Kier alpha value is -1.45. The van der Waals surface area contributed by atoms with Crippen molar-refractivity contribution < 1.29 is 8.78 Å². The zero-order chi connectivity index (χ0) is 14.0. The summed E-state index contributed by atoms with van der Waals surface area (Å²) in [5, 5.41) is 10.6. The third kappa shape index (κ3) is 2.94. The summed E-state index contributed by atoms with van der Waals surface area (Å²) in [6.07, 6.45) is 0. The molecule has 0 radical (unpaired) electrons. The monoisotopic (exact) mass is 342 g/mol. The fourth-order valence-electron chi connectivity index (χ4n) is 1.68. The number of hydrogen-bond acceptors (Lipinski definition) is 3. The molecule has 98 valence electrons. The average molecular weight is 343 g/mol. The largest absolute Gasteiger partial charge is 0.367 e. The molecule has 1 aromatic carbocycles. The predicted molar refractivity (Wildman–Crippen MR) is 75.2 cm³/mol. The highest BCUT2D eigenvalue weighted by Gasteiger charge is 2.16. The van der Waals surface area contributed by atoms with Gasteiger partial charge in [0.2, 0.25) is 0 Å². The van der Waals surface area contributed by atoms with Crippen LogP contribution in [0.2, 0.25) is 0 Å². The standard InChI is InChI=1S/C13H9BrF2N2S/c1-18(6-10-4-9(14)7-19-10)11-3-2-8(5-17)12(15)13(11)16/h2-4,7H,6H2,1H3. The van der Waals surface area contributed by atoms with E-state index in [4.69, 9.17) is 5.26 Å². The lowest BCUT2D eigenvalue weighted by atomic mass is 10.2. The van der Waals surface area contributed by atoms with Gasteiger partial charge in [-0.2, -0.15) is 5.26 Å². The molecule has 0 aliphatic heterocycles. The summed E-state index contributed by atoms with van der Waals surface area (Å²) in [7, 11) is 1.68. The second-order valence-corrected chi connectivity index (χ2v) is 5.87. The van der Waals surface area contributed by atoms with E-state index >= 15 is 0 Å². The molecule has 6 heteroatoms. The molecule has 1 aromatic heterocycles. The molecule has 0 bridgehead atoms. The molecule has 2 nitrogen and oxygen atoms in total. The predicted octanol–water partition coefficient (Wildman–Crippen LogP) is 4.30. The van der Waals surface area contributed by atoms with E-state index in [1.54, 1.807) is 18.0 Å². The number of halogens is 3. The number of hydrogen-bond donors (Lipinski definition) is 0. The van der Waals surface area contributed by atoms with Gasteiger partial charge in [-0.3, -0.25) is 0 Å². The molecule has 0 fully saturated rings. The van der Waals surface area contributed by atoms with E-state index in [-0.39, 0.29) is 11.3 Å². The highest BCUT2D eigenvalue weighted by molar-refractivity contribution is 9.10. The third-order valence-electron chi connectivity index (χ3n) is 2.61. The third-order valence-corrected chi connectivity index (χ3v) is 4.29. The summed E-state index contributed by atoms with van der Waals surface area (Å²) in [5.74, 6) is -2.09. The number of rotatable bonds is 3. The first-order chi connectivity index (χ1) is 9.02. The van der Waals surface area contributed by atoms with Crippen LogP contribution in [0.25, 0.3) is 0 Å². The molecular formula is C13H9BrF2N2S. The van der Waals surface area contributed by atoms with Crippen molar-refractivity contribution in [1.29, 1.82) is 5.26 Å². The van der Waals surface area contributed by atoms with Crippen LogP contribution in [0.4, 0.5) is 14.5 Å². The molecule has 19 heavy (non-hydrogen) atoms. The molecule has 0 N–H and O–H groups in total. The minimum absolute atomic E-state index is 0.140. The summed E-state index contributed by atoms with van der Waals surface area (Å²) in [4.78, 5) is 2.64. The normalized spacial score (nSPS) is 10.3. The molecule has 0 aliphatic carbocycles. The number of thiophene rings is 1. The van der Waals surface area contributed by atoms with Gasteiger partial charge in [-0.25, -0.2) is 8.78 Å². The highest BCUT2D eigenvalue weighted by atomic mass is 79.9. The lowest BCUT2D eigenvalue weighted by molar-refractivity contribution is 0.505. The maximum atomic E-state index is 13.8. The lowest BCUT2D eigenvalue weighted by Crippen LogP contribution is -2.17. The molecule has 0 saturated carbocycles. The first-order valence-corrected chi connectivity index (χ1v) is 7.02. The summed E-state index contributed by atoms with van der Waals surface area (Å²) >= 11 is 4.88. The van der Waals surface area contributed by atoms with Gasteiger partial charge in [-0.05, 0) is 34.1 Å². The van der Waals surface area contributed by atoms with Crippen molar-refractivity contribution in [2.45, 2.75) is 6.54 Å². The van der Waals surface area contributed by atoms with Crippen LogP contribution in [-0.4, -0.2) is 7.05 Å². The fraction of sp³-hybridized carbons (Fsp3) is 0.154. The molecule has 0 aliphatic rings. The van der Waals surface area contributed by atoms with Crippen LogP contribution in [0.3, 0.4) is 0 Å². The van der Waals surface area contributed by atoms with Crippen molar-refractivity contribution >= 4 is 33.0 Å². The number of anilines is 1. The summed E-state index contributed by atoms with van der Waals surface area (Å²) in [6, 6.07) is 6.25. The molecule has 1 heterocycles. The van der Waals surface area contributed by atoms with Crippen molar-refractivity contribution in [1.82, 2.24) is 0 Å². The van der Waals surface area contributed by atoms with E-state index in [0.717, 1.165) is 9.35 Å². The summed E-state index contributed by atoms with van der Waals surface area (Å²) in [5.41, 5.74) is -0.144. The topological polar surface area (TPSA) is 27.0 Å². The van der Waals surface area contributed by atoms with E-state index in [2.05, 4.69) is 15.9 Å². The Bertz CT molecular complexity index is 649. The van der Waals surface area contributed by atoms with E-state index in [1.807, 2.05) is 11.4 Å². The lowest BCUT2D eigenvalue weighted by Gasteiger charge is -2.19. The first-order valence-electron chi connectivity index (χ1n) is 5.35. The van der Waals surface area contributed by atoms with Gasteiger partial charge in [0.1, 0.15) is 6.07 Å². The van der Waals surface area contributed by atoms with Gasteiger partial charge in [-0.1, -0.05) is 0 Å². The fourth-order valence-corrected chi connectivity index (χ4v) is 3.18. The molecule has 0 saturated heterocycles. The Kier molecular flexibility index (Phi) is 4.17. The molecule has 2 aromatic rings. The van der Waals surface area contributed by atoms with Crippen LogP contribution in [0.1, 0.15) is 10.4 Å². The zero-order valence-corrected chi connectivity index (χ0v) is 12.4. The Morgan fingerprint density at radius 3 is 2.68 bits per heavy atom. The Balaban J connectivity index is 2.27. The van der Waals surface area contributed by atoms with Crippen molar-refractivity contribution in [3.63, 3.8) is 0 Å². The number of nitrogens with zero attached hydrogens (tertiary/aromatic N) is 2. The van der Waals surface area contributed by atoms with Gasteiger partial charge in [-0.15, -0.1) is 11.3 Å². The maximum absolute atomic E-state index is 13.8. The van der Waals surface area contributed by atoms with Crippen LogP contribution in [0.5, 0.6) is 0 Å². The molecule has 0 unspecified atom stereocenters. The molecular weight excluding hydrogens is 334 g/mol. The quantitative estimate of drug-likeness (QED) is 0.831. The molecule has 0 atom stereocenters. The van der Waals surface area contributed by atoms with Gasteiger partial charge < -0.3 is 4.90 Å². The van der Waals surface area contributed by atoms with E-state index in [0.29, 0.717) is 6.54 Å². The van der Waals surface area contributed by atoms with Crippen LogP contribution in [0, 0.1) is 23.0 Å². The summed E-state index contributed by atoms with van der Waals surface area (Å²) < 4.78 is 28.3. The van der Waals surface area contributed by atoms with Gasteiger partial charge in [0.25, 0.3) is 0 Å². The first kappa shape index (κ1) is 14.0. The minimum Gasteiger partial charge on any atom is -0.367 e. The second-order valence-electron chi connectivity index (χ2n) is 3.96. The Labute approximate surface area is 122 Å². The van der Waals surface area contributed by atoms with Gasteiger partial charge in [0, 0.05) is 21.8 Å². The van der Waals surface area contributed by atoms with Crippen LogP contribution < -0.4 is 4.90 Å². The molecule has 0 amide bonds. The summed E-state index contributed by atoms with van der Waals surface area (Å²) in [6.45, 7) is 0.471. The smallest absolute Gasteiger partial charge is 0.183 e. The van der Waals surface area contributed by atoms with Crippen molar-refractivity contribution in [3.8, 4) is 6.07 Å². The van der Waals surface area contributed by atoms with Gasteiger partial charge >= 0.3 is 0 Å². The van der Waals surface area contributed by atoms with Crippen LogP contribution in [0.15, 0.2) is 28.1 Å². The van der Waals surface area contributed by atoms with Gasteiger partial charge in [0.15, 0.2) is 11.6 Å².